The number of amides is 4. The number of nitrogens with zero attached hydrogens (tertiary/aromatic N) is 1. The van der Waals surface area contributed by atoms with E-state index in [1.807, 2.05) is 56.3 Å². The highest BCUT2D eigenvalue weighted by molar-refractivity contribution is 5.93. The van der Waals surface area contributed by atoms with Gasteiger partial charge in [0.05, 0.1) is 6.04 Å². The second kappa shape index (κ2) is 13.9. The molecule has 2 aromatic rings. The Morgan fingerprint density at radius 3 is 2.29 bits per heavy atom. The van der Waals surface area contributed by atoms with Crippen molar-refractivity contribution in [3.05, 3.63) is 48.0 Å². The third-order valence-corrected chi connectivity index (χ3v) is 7.20. The van der Waals surface area contributed by atoms with E-state index >= 15 is 0 Å². The molecule has 0 aliphatic carbocycles. The van der Waals surface area contributed by atoms with E-state index in [9.17, 15) is 19.2 Å². The van der Waals surface area contributed by atoms with Gasteiger partial charge in [0.15, 0.2) is 0 Å². The van der Waals surface area contributed by atoms with Crippen LogP contribution in [0.3, 0.4) is 0 Å². The van der Waals surface area contributed by atoms with Crippen molar-refractivity contribution in [2.24, 2.45) is 11.7 Å². The molecule has 1 aliphatic rings. The van der Waals surface area contributed by atoms with Crippen molar-refractivity contribution in [3.8, 4) is 0 Å². The molecule has 1 fully saturated rings. The first kappa shape index (κ1) is 29.1. The van der Waals surface area contributed by atoms with E-state index in [4.69, 9.17) is 5.73 Å². The van der Waals surface area contributed by atoms with Crippen LogP contribution in [0.15, 0.2) is 42.5 Å². The summed E-state index contributed by atoms with van der Waals surface area (Å²) in [5.41, 5.74) is 6.47. The summed E-state index contributed by atoms with van der Waals surface area (Å²) in [5, 5.41) is 10.5. The van der Waals surface area contributed by atoms with Crippen LogP contribution in [0, 0.1) is 5.92 Å². The predicted molar refractivity (Wildman–Crippen MR) is 148 cm³/mol. The van der Waals surface area contributed by atoms with Gasteiger partial charge in [-0.05, 0) is 48.9 Å². The lowest BCUT2D eigenvalue weighted by Gasteiger charge is -2.29. The number of nitrogens with two attached hydrogens (primary N) is 1. The molecule has 206 valence electrons. The Kier molecular flexibility index (Phi) is 10.6. The SMILES string of the molecule is CCC(CC)C(=O)N1CCCC1C(=O)N[C@H](Cc1ccc2ccccc2c1)C(=O)NCCNC(=O)[C@H](C)N. The molecule has 9 heteroatoms. The number of nitrogens with one attached hydrogen (secondary N) is 3. The van der Waals surface area contributed by atoms with Gasteiger partial charge < -0.3 is 26.6 Å². The number of carbonyl (C=O) groups is 4. The molecule has 4 amide bonds. The average molecular weight is 524 g/mol. The zero-order chi connectivity index (χ0) is 27.7. The number of carbonyl (C=O) groups excluding carboxylic acids is 4. The number of rotatable bonds is 12. The summed E-state index contributed by atoms with van der Waals surface area (Å²) >= 11 is 0. The highest BCUT2D eigenvalue weighted by Crippen LogP contribution is 2.23. The molecule has 3 rings (SSSR count). The molecule has 5 N–H and O–H groups in total. The maximum Gasteiger partial charge on any atom is 0.243 e. The first-order valence-electron chi connectivity index (χ1n) is 13.6. The highest BCUT2D eigenvalue weighted by atomic mass is 16.2. The second-order valence-corrected chi connectivity index (χ2v) is 10.0. The molecule has 0 radical (unpaired) electrons. The van der Waals surface area contributed by atoms with Crippen molar-refractivity contribution in [1.82, 2.24) is 20.9 Å². The molecule has 0 bridgehead atoms. The van der Waals surface area contributed by atoms with E-state index in [0.29, 0.717) is 19.4 Å². The summed E-state index contributed by atoms with van der Waals surface area (Å²) < 4.78 is 0. The van der Waals surface area contributed by atoms with E-state index in [0.717, 1.165) is 35.6 Å². The molecule has 1 heterocycles. The molecule has 9 nitrogen and oxygen atoms in total. The second-order valence-electron chi connectivity index (χ2n) is 10.0. The molecule has 1 saturated heterocycles. The Morgan fingerprint density at radius 1 is 0.974 bits per heavy atom. The van der Waals surface area contributed by atoms with Crippen LogP contribution in [0.2, 0.25) is 0 Å². The first-order chi connectivity index (χ1) is 18.2. The van der Waals surface area contributed by atoms with E-state index in [1.165, 1.54) is 0 Å². The smallest absolute Gasteiger partial charge is 0.243 e. The van der Waals surface area contributed by atoms with Crippen molar-refractivity contribution in [1.29, 1.82) is 0 Å². The molecule has 0 spiro atoms. The van der Waals surface area contributed by atoms with Crippen molar-refractivity contribution >= 4 is 34.4 Å². The summed E-state index contributed by atoms with van der Waals surface area (Å²) in [6.07, 6.45) is 3.08. The number of benzene rings is 2. The molecule has 2 aromatic carbocycles. The van der Waals surface area contributed by atoms with Gasteiger partial charge in [0.2, 0.25) is 23.6 Å². The number of hydrogen-bond acceptors (Lipinski definition) is 5. The van der Waals surface area contributed by atoms with Crippen LogP contribution in [0.4, 0.5) is 0 Å². The van der Waals surface area contributed by atoms with Gasteiger partial charge in [-0.3, -0.25) is 19.2 Å². The van der Waals surface area contributed by atoms with Gasteiger partial charge in [-0.25, -0.2) is 0 Å². The summed E-state index contributed by atoms with van der Waals surface area (Å²) in [4.78, 5) is 53.1. The molecule has 3 atom stereocenters. The van der Waals surface area contributed by atoms with E-state index < -0.39 is 18.1 Å². The monoisotopic (exact) mass is 523 g/mol. The average Bonchev–Trinajstić information content (AvgIpc) is 3.41. The van der Waals surface area contributed by atoms with E-state index in [1.54, 1.807) is 11.8 Å². The lowest BCUT2D eigenvalue weighted by molar-refractivity contribution is -0.142. The zero-order valence-electron chi connectivity index (χ0n) is 22.7. The normalized spacial score (nSPS) is 16.8. The Hall–Kier alpha value is -3.46. The summed E-state index contributed by atoms with van der Waals surface area (Å²) in [6, 6.07) is 11.9. The molecular formula is C29H41N5O4. The molecule has 0 aromatic heterocycles. The maximum absolute atomic E-state index is 13.4. The molecule has 38 heavy (non-hydrogen) atoms. The van der Waals surface area contributed by atoms with Gasteiger partial charge in [0, 0.05) is 32.0 Å². The van der Waals surface area contributed by atoms with Crippen LogP contribution in [0.1, 0.15) is 52.0 Å². The Bertz CT molecular complexity index is 1130. The maximum atomic E-state index is 13.4. The lowest BCUT2D eigenvalue weighted by atomic mass is 10.00. The molecule has 1 aliphatic heterocycles. The van der Waals surface area contributed by atoms with Crippen LogP contribution < -0.4 is 21.7 Å². The Balaban J connectivity index is 1.73. The number of fused-ring (bicyclic) bond motifs is 1. The fraction of sp³-hybridized carbons (Fsp3) is 0.517. The fourth-order valence-electron chi connectivity index (χ4n) is 4.91. The van der Waals surface area contributed by atoms with Crippen LogP contribution in [-0.4, -0.2) is 66.3 Å². The predicted octanol–water partition coefficient (Wildman–Crippen LogP) is 1.87. The molecule has 0 saturated carbocycles. The van der Waals surface area contributed by atoms with Gasteiger partial charge in [-0.2, -0.15) is 0 Å². The van der Waals surface area contributed by atoms with Crippen LogP contribution in [-0.2, 0) is 25.6 Å². The van der Waals surface area contributed by atoms with Crippen molar-refractivity contribution in [2.75, 3.05) is 19.6 Å². The van der Waals surface area contributed by atoms with Crippen LogP contribution in [0.5, 0.6) is 0 Å². The Morgan fingerprint density at radius 2 is 1.63 bits per heavy atom. The van der Waals surface area contributed by atoms with Crippen molar-refractivity contribution in [3.63, 3.8) is 0 Å². The quantitative estimate of drug-likeness (QED) is 0.315. The van der Waals surface area contributed by atoms with Crippen LogP contribution in [0.25, 0.3) is 10.8 Å². The minimum atomic E-state index is -0.835. The summed E-state index contributed by atoms with van der Waals surface area (Å²) in [7, 11) is 0. The van der Waals surface area contributed by atoms with Gasteiger partial charge in [-0.15, -0.1) is 0 Å². The molecule has 1 unspecified atom stereocenters. The summed E-state index contributed by atoms with van der Waals surface area (Å²) in [6.45, 7) is 6.53. The van der Waals surface area contributed by atoms with Crippen LogP contribution >= 0.6 is 0 Å². The van der Waals surface area contributed by atoms with Gasteiger partial charge in [0.25, 0.3) is 0 Å². The Labute approximate surface area is 224 Å². The van der Waals surface area contributed by atoms with Gasteiger partial charge >= 0.3 is 0 Å². The van der Waals surface area contributed by atoms with Gasteiger partial charge in [-0.1, -0.05) is 56.3 Å². The number of likely N-dealkylation sites (tertiary alicyclic amines) is 1. The third kappa shape index (κ3) is 7.54. The first-order valence-corrected chi connectivity index (χ1v) is 13.6. The highest BCUT2D eigenvalue weighted by Gasteiger charge is 2.37. The minimum absolute atomic E-state index is 0.00746. The van der Waals surface area contributed by atoms with E-state index in [-0.39, 0.29) is 42.6 Å². The fourth-order valence-corrected chi connectivity index (χ4v) is 4.91. The van der Waals surface area contributed by atoms with E-state index in [2.05, 4.69) is 16.0 Å². The van der Waals surface area contributed by atoms with Crippen molar-refractivity contribution < 1.29 is 19.2 Å². The lowest BCUT2D eigenvalue weighted by Crippen LogP contribution is -2.55. The van der Waals surface area contributed by atoms with Gasteiger partial charge in [0.1, 0.15) is 12.1 Å². The zero-order valence-corrected chi connectivity index (χ0v) is 22.7. The topological polar surface area (TPSA) is 134 Å². The van der Waals surface area contributed by atoms with Crippen molar-refractivity contribution in [2.45, 2.75) is 71.0 Å². The number of hydrogen-bond donors (Lipinski definition) is 4. The molecular weight excluding hydrogens is 482 g/mol. The third-order valence-electron chi connectivity index (χ3n) is 7.20. The standard InChI is InChI=1S/C29H41N5O4/c1-4-21(5-2)29(38)34-16-8-11-25(34)28(37)33-24(27(36)32-15-14-31-26(35)19(3)30)18-20-12-13-22-9-6-7-10-23(22)17-20/h6-7,9-10,12-13,17,19,21,24-25H,4-5,8,11,14-16,18,30H2,1-3H3,(H,31,35)(H,32,36)(H,33,37)/t19-,24+,25?/m0/s1. The summed E-state index contributed by atoms with van der Waals surface area (Å²) in [5.74, 6) is -1.06. The largest absolute Gasteiger partial charge is 0.353 e. The minimum Gasteiger partial charge on any atom is -0.353 e.